The average molecular weight is 411 g/mol. The first kappa shape index (κ1) is 21.4. The molecule has 0 unspecified atom stereocenters. The fourth-order valence-corrected chi connectivity index (χ4v) is 3.52. The molecule has 154 valence electrons. The van der Waals surface area contributed by atoms with Crippen molar-refractivity contribution >= 4 is 11.6 Å². The lowest BCUT2D eigenvalue weighted by Gasteiger charge is -2.07. The summed E-state index contributed by atoms with van der Waals surface area (Å²) in [4.78, 5) is 0. The topological polar surface area (TPSA) is 37.9 Å². The summed E-state index contributed by atoms with van der Waals surface area (Å²) in [5, 5.41) is 8.27. The Bertz CT molecular complexity index is 840. The van der Waals surface area contributed by atoms with Crippen LogP contribution < -0.4 is 4.74 Å². The van der Waals surface area contributed by atoms with Crippen LogP contribution in [-0.2, 0) is 0 Å². The van der Waals surface area contributed by atoms with E-state index in [1.165, 1.54) is 44.9 Å². The normalized spacial score (nSPS) is 11.0. The molecule has 0 aliphatic rings. The van der Waals surface area contributed by atoms with Crippen LogP contribution in [0.5, 0.6) is 5.75 Å². The van der Waals surface area contributed by atoms with Crippen LogP contribution in [0, 0.1) is 0 Å². The van der Waals surface area contributed by atoms with E-state index in [0.29, 0.717) is 0 Å². The van der Waals surface area contributed by atoms with Crippen molar-refractivity contribution in [2.45, 2.75) is 58.3 Å². The quantitative estimate of drug-likeness (QED) is 0.308. The summed E-state index contributed by atoms with van der Waals surface area (Å²) in [5.41, 5.74) is 4.04. The van der Waals surface area contributed by atoms with Crippen molar-refractivity contribution in [3.63, 3.8) is 0 Å². The van der Waals surface area contributed by atoms with Crippen molar-refractivity contribution in [3.8, 4) is 28.3 Å². The summed E-state index contributed by atoms with van der Waals surface area (Å²) in [6, 6.07) is 18.0. The Labute approximate surface area is 179 Å². The molecule has 0 aliphatic carbocycles. The molecule has 0 fully saturated rings. The highest BCUT2D eigenvalue weighted by atomic mass is 35.5. The molecule has 3 nitrogen and oxygen atoms in total. The molecule has 0 atom stereocenters. The molecule has 0 bridgehead atoms. The van der Waals surface area contributed by atoms with Crippen molar-refractivity contribution in [1.29, 1.82) is 0 Å². The van der Waals surface area contributed by atoms with Crippen LogP contribution >= 0.6 is 11.6 Å². The third kappa shape index (κ3) is 6.93. The molecule has 4 heteroatoms. The van der Waals surface area contributed by atoms with Crippen molar-refractivity contribution in [2.24, 2.45) is 0 Å². The third-order valence-corrected chi connectivity index (χ3v) is 5.40. The molecule has 3 rings (SSSR count). The number of halogens is 1. The first-order valence-electron chi connectivity index (χ1n) is 10.8. The summed E-state index contributed by atoms with van der Waals surface area (Å²) in [7, 11) is 0. The van der Waals surface area contributed by atoms with Crippen LogP contribution in [0.3, 0.4) is 0 Å². The van der Waals surface area contributed by atoms with Gasteiger partial charge in [0.05, 0.1) is 18.0 Å². The maximum Gasteiger partial charge on any atom is 0.119 e. The van der Waals surface area contributed by atoms with Gasteiger partial charge in [-0.05, 0) is 54.4 Å². The molecule has 0 aliphatic heterocycles. The highest BCUT2D eigenvalue weighted by Crippen LogP contribution is 2.26. The average Bonchev–Trinajstić information content (AvgIpc) is 3.24. The molecule has 3 aromatic rings. The van der Waals surface area contributed by atoms with E-state index in [0.717, 1.165) is 46.3 Å². The number of H-pyrrole nitrogens is 1. The molecule has 2 aromatic carbocycles. The third-order valence-electron chi connectivity index (χ3n) is 5.15. The zero-order valence-corrected chi connectivity index (χ0v) is 18.0. The maximum absolute atomic E-state index is 5.96. The molecule has 0 radical (unpaired) electrons. The molecule has 0 amide bonds. The van der Waals surface area contributed by atoms with Gasteiger partial charge in [-0.15, -0.1) is 0 Å². The van der Waals surface area contributed by atoms with Gasteiger partial charge in [-0.3, -0.25) is 5.10 Å². The number of ether oxygens (including phenoxy) is 1. The van der Waals surface area contributed by atoms with Crippen LogP contribution in [0.2, 0.25) is 5.02 Å². The van der Waals surface area contributed by atoms with Gasteiger partial charge in [-0.25, -0.2) is 0 Å². The zero-order chi connectivity index (χ0) is 20.3. The van der Waals surface area contributed by atoms with E-state index in [1.54, 1.807) is 0 Å². The number of nitrogens with zero attached hydrogens (tertiary/aromatic N) is 1. The van der Waals surface area contributed by atoms with Crippen molar-refractivity contribution in [3.05, 3.63) is 59.6 Å². The van der Waals surface area contributed by atoms with Crippen molar-refractivity contribution in [2.75, 3.05) is 6.61 Å². The van der Waals surface area contributed by atoms with Crippen LogP contribution in [0.15, 0.2) is 54.6 Å². The first-order valence-corrected chi connectivity index (χ1v) is 11.2. The van der Waals surface area contributed by atoms with E-state index >= 15 is 0 Å². The first-order chi connectivity index (χ1) is 14.3. The molecular weight excluding hydrogens is 380 g/mol. The predicted molar refractivity (Wildman–Crippen MR) is 123 cm³/mol. The SMILES string of the molecule is CCCCCCCCCCOc1ccc(-c2cc(-c3ccc(Cl)cc3)[nH]n2)cc1. The maximum atomic E-state index is 5.96. The Hall–Kier alpha value is -2.26. The number of hydrogen-bond donors (Lipinski definition) is 1. The molecule has 29 heavy (non-hydrogen) atoms. The van der Waals surface area contributed by atoms with Gasteiger partial charge in [0, 0.05) is 10.6 Å². The van der Waals surface area contributed by atoms with E-state index in [2.05, 4.69) is 35.3 Å². The van der Waals surface area contributed by atoms with Gasteiger partial charge in [0.15, 0.2) is 0 Å². The Morgan fingerprint density at radius 3 is 2.10 bits per heavy atom. The number of nitrogens with one attached hydrogen (secondary N) is 1. The minimum absolute atomic E-state index is 0.732. The van der Waals surface area contributed by atoms with Gasteiger partial charge >= 0.3 is 0 Å². The number of rotatable bonds is 12. The highest BCUT2D eigenvalue weighted by Gasteiger charge is 2.06. The summed E-state index contributed by atoms with van der Waals surface area (Å²) in [6.45, 7) is 3.05. The standard InChI is InChI=1S/C25H31ClN2O/c1-2-3-4-5-6-7-8-9-18-29-23-16-12-21(13-17-23)25-19-24(27-28-25)20-10-14-22(26)15-11-20/h10-17,19H,2-9,18H2,1H3,(H,27,28). The second-order valence-corrected chi connectivity index (χ2v) is 7.96. The van der Waals surface area contributed by atoms with E-state index in [9.17, 15) is 0 Å². The number of unbranched alkanes of at least 4 members (excludes halogenated alkanes) is 7. The van der Waals surface area contributed by atoms with Crippen molar-refractivity contribution < 1.29 is 4.74 Å². The second-order valence-electron chi connectivity index (χ2n) is 7.52. The van der Waals surface area contributed by atoms with E-state index < -0.39 is 0 Å². The minimum atomic E-state index is 0.732. The number of benzene rings is 2. The fraction of sp³-hybridized carbons (Fsp3) is 0.400. The molecule has 1 N–H and O–H groups in total. The monoisotopic (exact) mass is 410 g/mol. The summed E-state index contributed by atoms with van der Waals surface area (Å²) < 4.78 is 5.89. The molecule has 0 spiro atoms. The second kappa shape index (κ2) is 11.7. The predicted octanol–water partition coefficient (Wildman–Crippen LogP) is 7.92. The Morgan fingerprint density at radius 1 is 0.793 bits per heavy atom. The zero-order valence-electron chi connectivity index (χ0n) is 17.3. The van der Waals surface area contributed by atoms with Crippen LogP contribution in [0.1, 0.15) is 58.3 Å². The number of aromatic nitrogens is 2. The summed E-state index contributed by atoms with van der Waals surface area (Å²) in [6.07, 6.45) is 10.5. The van der Waals surface area contributed by atoms with E-state index in [1.807, 2.05) is 36.4 Å². The van der Waals surface area contributed by atoms with Gasteiger partial charge in [0.2, 0.25) is 0 Å². The van der Waals surface area contributed by atoms with Crippen LogP contribution in [0.4, 0.5) is 0 Å². The smallest absolute Gasteiger partial charge is 0.119 e. The number of aromatic amines is 1. The van der Waals surface area contributed by atoms with E-state index in [4.69, 9.17) is 16.3 Å². The molecule has 1 heterocycles. The Kier molecular flexibility index (Phi) is 8.63. The lowest BCUT2D eigenvalue weighted by Crippen LogP contribution is -1.97. The van der Waals surface area contributed by atoms with Gasteiger partial charge in [0.25, 0.3) is 0 Å². The van der Waals surface area contributed by atoms with Crippen LogP contribution in [0.25, 0.3) is 22.5 Å². The van der Waals surface area contributed by atoms with E-state index in [-0.39, 0.29) is 0 Å². The molecule has 1 aromatic heterocycles. The van der Waals surface area contributed by atoms with Gasteiger partial charge < -0.3 is 4.74 Å². The highest BCUT2D eigenvalue weighted by molar-refractivity contribution is 6.30. The molecule has 0 saturated heterocycles. The molecule has 0 saturated carbocycles. The minimum Gasteiger partial charge on any atom is -0.494 e. The lowest BCUT2D eigenvalue weighted by molar-refractivity contribution is 0.304. The Balaban J connectivity index is 1.42. The number of hydrogen-bond acceptors (Lipinski definition) is 2. The van der Waals surface area contributed by atoms with Gasteiger partial charge in [-0.1, -0.05) is 75.6 Å². The van der Waals surface area contributed by atoms with Gasteiger partial charge in [0.1, 0.15) is 5.75 Å². The van der Waals surface area contributed by atoms with Crippen molar-refractivity contribution in [1.82, 2.24) is 10.2 Å². The Morgan fingerprint density at radius 2 is 1.41 bits per heavy atom. The van der Waals surface area contributed by atoms with Gasteiger partial charge in [-0.2, -0.15) is 5.10 Å². The summed E-state index contributed by atoms with van der Waals surface area (Å²) >= 11 is 5.96. The largest absolute Gasteiger partial charge is 0.494 e. The fourth-order valence-electron chi connectivity index (χ4n) is 3.39. The molecular formula is C25H31ClN2O. The summed E-state index contributed by atoms with van der Waals surface area (Å²) in [5.74, 6) is 0.921. The van der Waals surface area contributed by atoms with Crippen LogP contribution in [-0.4, -0.2) is 16.8 Å². The lowest BCUT2D eigenvalue weighted by atomic mass is 10.1.